The Morgan fingerprint density at radius 2 is 2.36 bits per heavy atom. The van der Waals surface area contributed by atoms with Crippen LogP contribution >= 0.6 is 22.9 Å². The van der Waals surface area contributed by atoms with Crippen LogP contribution in [0.1, 0.15) is 18.7 Å². The molecule has 14 heavy (non-hydrogen) atoms. The number of halogens is 1. The average Bonchev–Trinajstić information content (AvgIpc) is 2.50. The summed E-state index contributed by atoms with van der Waals surface area (Å²) in [6, 6.07) is 0.419. The van der Waals surface area contributed by atoms with Crippen LogP contribution in [0.5, 0.6) is 0 Å². The lowest BCUT2D eigenvalue weighted by atomic mass is 10.3. The van der Waals surface area contributed by atoms with Crippen LogP contribution in [0, 0.1) is 0 Å². The van der Waals surface area contributed by atoms with Gasteiger partial charge in [0.2, 0.25) is 0 Å². The molecule has 0 saturated heterocycles. The molecule has 0 radical (unpaired) electrons. The van der Waals surface area contributed by atoms with Crippen LogP contribution in [-0.2, 0) is 6.54 Å². The molecule has 0 aliphatic rings. The summed E-state index contributed by atoms with van der Waals surface area (Å²) in [5.74, 6) is 0. The van der Waals surface area contributed by atoms with Crippen LogP contribution in [0.15, 0.2) is 6.20 Å². The summed E-state index contributed by atoms with van der Waals surface area (Å²) in [6.07, 6.45) is 1.79. The first-order valence-corrected chi connectivity index (χ1v) is 5.78. The number of aromatic nitrogens is 1. The molecule has 0 aliphatic heterocycles. The second kappa shape index (κ2) is 5.66. The highest BCUT2D eigenvalue weighted by atomic mass is 35.5. The van der Waals surface area contributed by atoms with Crippen molar-refractivity contribution in [1.29, 1.82) is 0 Å². The Labute approximate surface area is 93.3 Å². The topological polar surface area (TPSA) is 36.4 Å². The minimum Gasteiger partial charge on any atom is -0.395 e. The van der Waals surface area contributed by atoms with Gasteiger partial charge in [0.05, 0.1) is 6.61 Å². The molecule has 1 aromatic rings. The van der Waals surface area contributed by atoms with Crippen LogP contribution in [0.4, 0.5) is 0 Å². The van der Waals surface area contributed by atoms with E-state index in [4.69, 9.17) is 16.7 Å². The van der Waals surface area contributed by atoms with Gasteiger partial charge in [0.15, 0.2) is 4.47 Å². The van der Waals surface area contributed by atoms with Gasteiger partial charge < -0.3 is 5.11 Å². The van der Waals surface area contributed by atoms with E-state index in [1.54, 1.807) is 6.20 Å². The number of nitrogens with zero attached hydrogens (tertiary/aromatic N) is 2. The van der Waals surface area contributed by atoms with Gasteiger partial charge in [0.1, 0.15) is 0 Å². The first-order chi connectivity index (χ1) is 6.63. The van der Waals surface area contributed by atoms with E-state index in [1.165, 1.54) is 11.3 Å². The maximum atomic E-state index is 8.89. The van der Waals surface area contributed by atoms with Crippen molar-refractivity contribution in [3.05, 3.63) is 15.5 Å². The Hall–Kier alpha value is -0.160. The summed E-state index contributed by atoms with van der Waals surface area (Å²) >= 11 is 7.23. The summed E-state index contributed by atoms with van der Waals surface area (Å²) in [7, 11) is 0. The largest absolute Gasteiger partial charge is 0.395 e. The Balaban J connectivity index is 2.55. The van der Waals surface area contributed by atoms with Gasteiger partial charge in [-0.05, 0) is 13.8 Å². The van der Waals surface area contributed by atoms with Crippen LogP contribution in [0.2, 0.25) is 4.47 Å². The van der Waals surface area contributed by atoms with Crippen molar-refractivity contribution < 1.29 is 5.11 Å². The van der Waals surface area contributed by atoms with Gasteiger partial charge in [-0.3, -0.25) is 4.90 Å². The molecule has 0 unspecified atom stereocenters. The molecule has 1 heterocycles. The molecule has 0 aromatic carbocycles. The molecule has 0 spiro atoms. The van der Waals surface area contributed by atoms with Crippen LogP contribution in [-0.4, -0.2) is 34.2 Å². The molecular formula is C9H15ClN2OS. The maximum Gasteiger partial charge on any atom is 0.183 e. The van der Waals surface area contributed by atoms with Gasteiger partial charge in [-0.2, -0.15) is 0 Å². The molecule has 0 aliphatic carbocycles. The Morgan fingerprint density at radius 3 is 2.79 bits per heavy atom. The van der Waals surface area contributed by atoms with Gasteiger partial charge in [-0.15, -0.1) is 11.3 Å². The molecule has 1 rings (SSSR count). The van der Waals surface area contributed by atoms with E-state index in [2.05, 4.69) is 23.7 Å². The third kappa shape index (κ3) is 3.53. The molecule has 0 bridgehead atoms. The fourth-order valence-corrected chi connectivity index (χ4v) is 2.21. The Kier molecular flexibility index (Phi) is 4.81. The first kappa shape index (κ1) is 11.9. The second-order valence-corrected chi connectivity index (χ2v) is 5.06. The normalized spacial score (nSPS) is 11.6. The molecule has 0 amide bonds. The molecule has 0 atom stereocenters. The third-order valence-corrected chi connectivity index (χ3v) is 3.10. The maximum absolute atomic E-state index is 8.89. The van der Waals surface area contributed by atoms with Crippen LogP contribution < -0.4 is 0 Å². The molecule has 3 nitrogen and oxygen atoms in total. The summed E-state index contributed by atoms with van der Waals surface area (Å²) in [6.45, 7) is 5.90. The summed E-state index contributed by atoms with van der Waals surface area (Å²) in [5, 5.41) is 8.89. The smallest absolute Gasteiger partial charge is 0.183 e. The number of aliphatic hydroxyl groups excluding tert-OH is 1. The van der Waals surface area contributed by atoms with Crippen LogP contribution in [0.3, 0.4) is 0 Å². The third-order valence-electron chi connectivity index (χ3n) is 2.00. The van der Waals surface area contributed by atoms with E-state index in [-0.39, 0.29) is 6.61 Å². The number of hydrogen-bond donors (Lipinski definition) is 1. The van der Waals surface area contributed by atoms with Gasteiger partial charge in [-0.25, -0.2) is 4.98 Å². The summed E-state index contributed by atoms with van der Waals surface area (Å²) in [4.78, 5) is 7.30. The lowest BCUT2D eigenvalue weighted by Crippen LogP contribution is -2.32. The lowest BCUT2D eigenvalue weighted by Gasteiger charge is -2.24. The second-order valence-electron chi connectivity index (χ2n) is 3.37. The molecule has 5 heteroatoms. The van der Waals surface area contributed by atoms with Gasteiger partial charge in [0.25, 0.3) is 0 Å². The van der Waals surface area contributed by atoms with Crippen molar-refractivity contribution in [2.75, 3.05) is 13.2 Å². The summed E-state index contributed by atoms with van der Waals surface area (Å²) in [5.41, 5.74) is 0. The van der Waals surface area contributed by atoms with Crippen molar-refractivity contribution in [3.63, 3.8) is 0 Å². The van der Waals surface area contributed by atoms with E-state index in [0.717, 1.165) is 11.4 Å². The quantitative estimate of drug-likeness (QED) is 0.847. The molecule has 80 valence electrons. The van der Waals surface area contributed by atoms with Crippen molar-refractivity contribution >= 4 is 22.9 Å². The fourth-order valence-electron chi connectivity index (χ4n) is 1.21. The highest BCUT2D eigenvalue weighted by Crippen LogP contribution is 2.19. The highest BCUT2D eigenvalue weighted by Gasteiger charge is 2.10. The zero-order valence-electron chi connectivity index (χ0n) is 8.40. The van der Waals surface area contributed by atoms with Gasteiger partial charge in [-0.1, -0.05) is 11.6 Å². The molecule has 1 aromatic heterocycles. The predicted octanol–water partition coefficient (Wildman–Crippen LogP) is 2.00. The van der Waals surface area contributed by atoms with E-state index < -0.39 is 0 Å². The molecule has 0 fully saturated rings. The Morgan fingerprint density at radius 1 is 1.64 bits per heavy atom. The minimum atomic E-state index is 0.185. The summed E-state index contributed by atoms with van der Waals surface area (Å²) < 4.78 is 0.577. The zero-order valence-corrected chi connectivity index (χ0v) is 9.98. The average molecular weight is 235 g/mol. The zero-order chi connectivity index (χ0) is 10.6. The minimum absolute atomic E-state index is 0.185. The fraction of sp³-hybridized carbons (Fsp3) is 0.667. The monoisotopic (exact) mass is 234 g/mol. The standard InChI is InChI=1S/C9H15ClN2OS/c1-7(2)12(3-4-13)6-8-5-11-9(10)14-8/h5,7,13H,3-4,6H2,1-2H3. The van der Waals surface area contributed by atoms with Crippen molar-refractivity contribution in [2.24, 2.45) is 0 Å². The molecular weight excluding hydrogens is 220 g/mol. The van der Waals surface area contributed by atoms with Gasteiger partial charge in [0, 0.05) is 30.2 Å². The van der Waals surface area contributed by atoms with E-state index in [0.29, 0.717) is 17.1 Å². The van der Waals surface area contributed by atoms with E-state index >= 15 is 0 Å². The number of thiazole rings is 1. The van der Waals surface area contributed by atoms with Crippen molar-refractivity contribution in [3.8, 4) is 0 Å². The number of hydrogen-bond acceptors (Lipinski definition) is 4. The first-order valence-electron chi connectivity index (χ1n) is 4.58. The van der Waals surface area contributed by atoms with E-state index in [9.17, 15) is 0 Å². The molecule has 1 N–H and O–H groups in total. The van der Waals surface area contributed by atoms with Crippen molar-refractivity contribution in [1.82, 2.24) is 9.88 Å². The van der Waals surface area contributed by atoms with Gasteiger partial charge >= 0.3 is 0 Å². The highest BCUT2D eigenvalue weighted by molar-refractivity contribution is 7.15. The predicted molar refractivity (Wildman–Crippen MR) is 59.8 cm³/mol. The number of rotatable bonds is 5. The Bertz CT molecular complexity index is 278. The number of aliphatic hydroxyl groups is 1. The van der Waals surface area contributed by atoms with Crippen molar-refractivity contribution in [2.45, 2.75) is 26.4 Å². The SMILES string of the molecule is CC(C)N(CCO)Cc1cnc(Cl)s1. The molecule has 0 saturated carbocycles. The lowest BCUT2D eigenvalue weighted by molar-refractivity contribution is 0.160. The van der Waals surface area contributed by atoms with E-state index in [1.807, 2.05) is 0 Å². The van der Waals surface area contributed by atoms with Crippen LogP contribution in [0.25, 0.3) is 0 Å².